The van der Waals surface area contributed by atoms with Gasteiger partial charge in [0.2, 0.25) is 0 Å². The van der Waals surface area contributed by atoms with Crippen LogP contribution in [-0.4, -0.2) is 24.2 Å². The quantitative estimate of drug-likeness (QED) is 0.517. The Morgan fingerprint density at radius 2 is 2.29 bits per heavy atom. The molecule has 4 nitrogen and oxygen atoms in total. The number of nitrogens with two attached hydrogens (primary N) is 1. The summed E-state index contributed by atoms with van der Waals surface area (Å²) >= 11 is 5.84. The summed E-state index contributed by atoms with van der Waals surface area (Å²) < 4.78 is 5.17. The first-order chi connectivity index (χ1) is 6.66. The predicted molar refractivity (Wildman–Crippen MR) is 55.0 cm³/mol. The van der Waals surface area contributed by atoms with Gasteiger partial charge in [0.1, 0.15) is 18.2 Å². The van der Waals surface area contributed by atoms with Gasteiger partial charge in [-0.05, 0) is 12.1 Å². The molecule has 0 unspecified atom stereocenters. The summed E-state index contributed by atoms with van der Waals surface area (Å²) in [6.45, 7) is 0.0600. The van der Waals surface area contributed by atoms with Gasteiger partial charge in [-0.1, -0.05) is 17.7 Å². The molecule has 5 heteroatoms. The van der Waals surface area contributed by atoms with Crippen LogP contribution in [0.4, 0.5) is 0 Å². The number of halogens is 1. The second-order valence-corrected chi connectivity index (χ2v) is 3.01. The fourth-order valence-electron chi connectivity index (χ4n) is 1.04. The number of nitrogens with one attached hydrogen (secondary N) is 1. The summed E-state index contributed by atoms with van der Waals surface area (Å²) in [5.74, 6) is 0.266. The van der Waals surface area contributed by atoms with Crippen molar-refractivity contribution in [2.24, 2.45) is 5.73 Å². The lowest BCUT2D eigenvalue weighted by molar-refractivity contribution is 0.201. The molecule has 0 aliphatic heterocycles. The highest BCUT2D eigenvalue weighted by atomic mass is 35.5. The van der Waals surface area contributed by atoms with E-state index in [-0.39, 0.29) is 19.0 Å². The Morgan fingerprint density at radius 1 is 1.57 bits per heavy atom. The molecule has 14 heavy (non-hydrogen) atoms. The first-order valence-electron chi connectivity index (χ1n) is 4.03. The molecule has 0 aromatic heterocycles. The van der Waals surface area contributed by atoms with Crippen LogP contribution in [0.5, 0.6) is 5.75 Å². The Bertz CT molecular complexity index is 342. The SMILES string of the molecule is N=C(N)c1c(Cl)cccc1OCCO. The zero-order valence-corrected chi connectivity index (χ0v) is 8.21. The second kappa shape index (κ2) is 4.83. The fraction of sp³-hybridized carbons (Fsp3) is 0.222. The molecule has 76 valence electrons. The number of hydrogen-bond acceptors (Lipinski definition) is 3. The summed E-state index contributed by atoms with van der Waals surface area (Å²) in [5, 5.41) is 16.3. The number of hydrogen-bond donors (Lipinski definition) is 3. The Kier molecular flexibility index (Phi) is 3.73. The number of nitrogen functional groups attached to an aromatic ring is 1. The highest BCUT2D eigenvalue weighted by Gasteiger charge is 2.10. The average Bonchev–Trinajstić information content (AvgIpc) is 2.14. The van der Waals surface area contributed by atoms with Crippen molar-refractivity contribution in [1.82, 2.24) is 0 Å². The number of aliphatic hydroxyl groups excluding tert-OH is 1. The van der Waals surface area contributed by atoms with Crippen molar-refractivity contribution in [2.45, 2.75) is 0 Å². The molecule has 4 N–H and O–H groups in total. The van der Waals surface area contributed by atoms with Gasteiger partial charge in [-0.2, -0.15) is 0 Å². The molecule has 0 bridgehead atoms. The highest BCUT2D eigenvalue weighted by Crippen LogP contribution is 2.25. The van der Waals surface area contributed by atoms with Crippen LogP contribution >= 0.6 is 11.6 Å². The van der Waals surface area contributed by atoms with Crippen LogP contribution in [0, 0.1) is 5.41 Å². The van der Waals surface area contributed by atoms with E-state index in [0.29, 0.717) is 16.3 Å². The van der Waals surface area contributed by atoms with Crippen molar-refractivity contribution < 1.29 is 9.84 Å². The smallest absolute Gasteiger partial charge is 0.131 e. The first-order valence-corrected chi connectivity index (χ1v) is 4.41. The molecular weight excluding hydrogens is 204 g/mol. The number of aliphatic hydroxyl groups is 1. The molecule has 0 radical (unpaired) electrons. The van der Waals surface area contributed by atoms with Gasteiger partial charge in [-0.15, -0.1) is 0 Å². The maximum absolute atomic E-state index is 8.58. The number of ether oxygens (including phenoxy) is 1. The van der Waals surface area contributed by atoms with Gasteiger partial charge >= 0.3 is 0 Å². The molecule has 0 spiro atoms. The van der Waals surface area contributed by atoms with Crippen molar-refractivity contribution in [3.63, 3.8) is 0 Å². The molecular formula is C9H11ClN2O2. The Hall–Kier alpha value is -1.26. The summed E-state index contributed by atoms with van der Waals surface area (Å²) in [5.41, 5.74) is 5.71. The number of amidine groups is 1. The summed E-state index contributed by atoms with van der Waals surface area (Å²) in [4.78, 5) is 0. The normalized spacial score (nSPS) is 9.86. The van der Waals surface area contributed by atoms with Gasteiger partial charge in [-0.25, -0.2) is 0 Å². The van der Waals surface area contributed by atoms with Crippen LogP contribution in [0.2, 0.25) is 5.02 Å². The van der Waals surface area contributed by atoms with Crippen molar-refractivity contribution in [3.05, 3.63) is 28.8 Å². The molecule has 0 aliphatic rings. The summed E-state index contributed by atoms with van der Waals surface area (Å²) in [6, 6.07) is 4.98. The molecule has 1 rings (SSSR count). The van der Waals surface area contributed by atoms with Crippen LogP contribution in [0.3, 0.4) is 0 Å². The van der Waals surface area contributed by atoms with E-state index in [1.54, 1.807) is 18.2 Å². The maximum atomic E-state index is 8.58. The minimum absolute atomic E-state index is 0.0934. The van der Waals surface area contributed by atoms with E-state index < -0.39 is 0 Å². The molecule has 0 aliphatic carbocycles. The lowest BCUT2D eigenvalue weighted by Gasteiger charge is -2.10. The molecule has 0 fully saturated rings. The van der Waals surface area contributed by atoms with Crippen molar-refractivity contribution in [1.29, 1.82) is 5.41 Å². The Balaban J connectivity index is 3.02. The number of rotatable bonds is 4. The van der Waals surface area contributed by atoms with Gasteiger partial charge in [0.05, 0.1) is 17.2 Å². The summed E-state index contributed by atoms with van der Waals surface area (Å²) in [7, 11) is 0. The van der Waals surface area contributed by atoms with Gasteiger partial charge in [-0.3, -0.25) is 5.41 Å². The average molecular weight is 215 g/mol. The standard InChI is InChI=1S/C9H11ClN2O2/c10-6-2-1-3-7(14-5-4-13)8(6)9(11)12/h1-3,13H,4-5H2,(H3,11,12). The first kappa shape index (κ1) is 10.8. The van der Waals surface area contributed by atoms with E-state index >= 15 is 0 Å². The zero-order chi connectivity index (χ0) is 10.6. The molecule has 1 aromatic rings. The monoisotopic (exact) mass is 214 g/mol. The van der Waals surface area contributed by atoms with E-state index in [4.69, 9.17) is 32.6 Å². The minimum atomic E-state index is -0.150. The maximum Gasteiger partial charge on any atom is 0.131 e. The van der Waals surface area contributed by atoms with Gasteiger partial charge in [0.25, 0.3) is 0 Å². The second-order valence-electron chi connectivity index (χ2n) is 2.60. The highest BCUT2D eigenvalue weighted by molar-refractivity contribution is 6.34. The van der Waals surface area contributed by atoms with Crippen molar-refractivity contribution in [2.75, 3.05) is 13.2 Å². The number of benzene rings is 1. The van der Waals surface area contributed by atoms with Crippen molar-refractivity contribution >= 4 is 17.4 Å². The molecule has 0 saturated heterocycles. The van der Waals surface area contributed by atoms with Crippen molar-refractivity contribution in [3.8, 4) is 5.75 Å². The minimum Gasteiger partial charge on any atom is -0.490 e. The van der Waals surface area contributed by atoms with Gasteiger partial charge in [0.15, 0.2) is 0 Å². The van der Waals surface area contributed by atoms with E-state index in [1.165, 1.54) is 0 Å². The Morgan fingerprint density at radius 3 is 2.86 bits per heavy atom. The van der Waals surface area contributed by atoms with E-state index in [1.807, 2.05) is 0 Å². The molecule has 0 atom stereocenters. The van der Waals surface area contributed by atoms with E-state index in [2.05, 4.69) is 0 Å². The molecule has 0 heterocycles. The topological polar surface area (TPSA) is 79.3 Å². The van der Waals surface area contributed by atoms with Gasteiger partial charge < -0.3 is 15.6 Å². The van der Waals surface area contributed by atoms with Crippen LogP contribution < -0.4 is 10.5 Å². The lowest BCUT2D eigenvalue weighted by atomic mass is 10.2. The summed E-state index contributed by atoms with van der Waals surface area (Å²) in [6.07, 6.45) is 0. The van der Waals surface area contributed by atoms with Crippen LogP contribution in [-0.2, 0) is 0 Å². The van der Waals surface area contributed by atoms with E-state index in [9.17, 15) is 0 Å². The molecule has 0 saturated carbocycles. The fourth-order valence-corrected chi connectivity index (χ4v) is 1.31. The van der Waals surface area contributed by atoms with Gasteiger partial charge in [0, 0.05) is 0 Å². The third-order valence-electron chi connectivity index (χ3n) is 1.59. The van der Waals surface area contributed by atoms with Crippen LogP contribution in [0.1, 0.15) is 5.56 Å². The lowest BCUT2D eigenvalue weighted by Crippen LogP contribution is -2.14. The third kappa shape index (κ3) is 2.37. The zero-order valence-electron chi connectivity index (χ0n) is 7.46. The Labute approximate surface area is 86.8 Å². The molecule has 1 aromatic carbocycles. The van der Waals surface area contributed by atoms with Crippen LogP contribution in [0.25, 0.3) is 0 Å². The van der Waals surface area contributed by atoms with Crippen LogP contribution in [0.15, 0.2) is 18.2 Å². The predicted octanol–water partition coefficient (Wildman–Crippen LogP) is 0.995. The van der Waals surface area contributed by atoms with E-state index in [0.717, 1.165) is 0 Å². The third-order valence-corrected chi connectivity index (χ3v) is 1.91. The molecule has 0 amide bonds. The largest absolute Gasteiger partial charge is 0.490 e.